The van der Waals surface area contributed by atoms with Crippen LogP contribution in [-0.4, -0.2) is 35.8 Å². The zero-order valence-electron chi connectivity index (χ0n) is 18.2. The van der Waals surface area contributed by atoms with Crippen LogP contribution in [0.25, 0.3) is 0 Å². The average Bonchev–Trinajstić information content (AvgIpc) is 3.11. The van der Waals surface area contributed by atoms with Gasteiger partial charge in [-0.25, -0.2) is 0 Å². The molecule has 1 heterocycles. The molecule has 1 fully saturated rings. The maximum atomic E-state index is 12.4. The van der Waals surface area contributed by atoms with Gasteiger partial charge >= 0.3 is 0 Å². The molecule has 31 heavy (non-hydrogen) atoms. The molecule has 3 amide bonds. The number of hydrazine groups is 1. The second-order valence-electron chi connectivity index (χ2n) is 8.18. The SMILES string of the molecule is Cc1ccc(C(C)C)c(OCC(=O)NNC(=O)C2CC(=O)N(Cc3ccccc3)C2)c1. The topological polar surface area (TPSA) is 87.7 Å². The van der Waals surface area contributed by atoms with Gasteiger partial charge in [-0.1, -0.05) is 56.3 Å². The molecular weight excluding hydrogens is 394 g/mol. The minimum atomic E-state index is -0.498. The van der Waals surface area contributed by atoms with Crippen LogP contribution in [0.2, 0.25) is 0 Å². The summed E-state index contributed by atoms with van der Waals surface area (Å²) < 4.78 is 5.67. The van der Waals surface area contributed by atoms with Gasteiger partial charge in [0.1, 0.15) is 5.75 Å². The molecule has 1 atom stereocenters. The smallest absolute Gasteiger partial charge is 0.276 e. The van der Waals surface area contributed by atoms with Crippen LogP contribution < -0.4 is 15.6 Å². The molecular formula is C24H29N3O4. The van der Waals surface area contributed by atoms with Crippen molar-refractivity contribution in [2.75, 3.05) is 13.2 Å². The minimum absolute atomic E-state index is 0.0701. The third kappa shape index (κ3) is 6.07. The van der Waals surface area contributed by atoms with Gasteiger partial charge in [0.2, 0.25) is 11.8 Å². The molecule has 164 valence electrons. The number of carbonyl (C=O) groups excluding carboxylic acids is 3. The van der Waals surface area contributed by atoms with Crippen molar-refractivity contribution in [3.63, 3.8) is 0 Å². The molecule has 2 aromatic rings. The standard InChI is InChI=1S/C24H29N3O4/c1-16(2)20-10-9-17(3)11-21(20)31-15-22(28)25-26-24(30)19-12-23(29)27(14-19)13-18-7-5-4-6-8-18/h4-11,16,19H,12-15H2,1-3H3,(H,25,28)(H,26,30). The molecule has 2 N–H and O–H groups in total. The molecule has 3 rings (SSSR count). The van der Waals surface area contributed by atoms with Crippen molar-refractivity contribution in [1.29, 1.82) is 0 Å². The summed E-state index contributed by atoms with van der Waals surface area (Å²) in [7, 11) is 0. The number of hydrogen-bond donors (Lipinski definition) is 2. The number of rotatable bonds is 7. The molecule has 0 radical (unpaired) electrons. The van der Waals surface area contributed by atoms with E-state index in [4.69, 9.17) is 4.74 Å². The van der Waals surface area contributed by atoms with Crippen LogP contribution in [0.5, 0.6) is 5.75 Å². The number of hydrogen-bond acceptors (Lipinski definition) is 4. The molecule has 0 bridgehead atoms. The van der Waals surface area contributed by atoms with Crippen molar-refractivity contribution in [3.05, 3.63) is 65.2 Å². The number of nitrogens with zero attached hydrogens (tertiary/aromatic N) is 1. The zero-order valence-corrected chi connectivity index (χ0v) is 18.2. The summed E-state index contributed by atoms with van der Waals surface area (Å²) >= 11 is 0. The third-order valence-electron chi connectivity index (χ3n) is 5.28. The summed E-state index contributed by atoms with van der Waals surface area (Å²) in [6.07, 6.45) is 0.131. The van der Waals surface area contributed by atoms with Crippen LogP contribution in [0.4, 0.5) is 0 Å². The lowest BCUT2D eigenvalue weighted by Crippen LogP contribution is -2.46. The first kappa shape index (κ1) is 22.3. The van der Waals surface area contributed by atoms with Crippen molar-refractivity contribution in [1.82, 2.24) is 15.8 Å². The lowest BCUT2D eigenvalue weighted by molar-refractivity contribution is -0.132. The van der Waals surface area contributed by atoms with Crippen LogP contribution in [0.3, 0.4) is 0 Å². The summed E-state index contributed by atoms with van der Waals surface area (Å²) in [5, 5.41) is 0. The zero-order chi connectivity index (χ0) is 22.4. The Labute approximate surface area is 182 Å². The number of aryl methyl sites for hydroxylation is 1. The number of benzene rings is 2. The van der Waals surface area contributed by atoms with Gasteiger partial charge < -0.3 is 9.64 Å². The Bertz CT molecular complexity index is 943. The predicted molar refractivity (Wildman–Crippen MR) is 117 cm³/mol. The number of ether oxygens (including phenoxy) is 1. The van der Waals surface area contributed by atoms with Gasteiger partial charge in [0.25, 0.3) is 5.91 Å². The largest absolute Gasteiger partial charge is 0.483 e. The van der Waals surface area contributed by atoms with E-state index in [0.29, 0.717) is 18.8 Å². The maximum Gasteiger partial charge on any atom is 0.276 e. The van der Waals surface area contributed by atoms with E-state index in [1.165, 1.54) is 0 Å². The highest BCUT2D eigenvalue weighted by molar-refractivity contribution is 5.90. The molecule has 7 nitrogen and oxygen atoms in total. The first-order valence-electron chi connectivity index (χ1n) is 10.5. The van der Waals surface area contributed by atoms with Crippen molar-refractivity contribution < 1.29 is 19.1 Å². The van der Waals surface area contributed by atoms with Gasteiger partial charge in [-0.15, -0.1) is 0 Å². The Morgan fingerprint density at radius 1 is 1.13 bits per heavy atom. The monoisotopic (exact) mass is 423 g/mol. The second-order valence-corrected chi connectivity index (χ2v) is 8.18. The van der Waals surface area contributed by atoms with E-state index in [2.05, 4.69) is 24.7 Å². The lowest BCUT2D eigenvalue weighted by atomic mass is 10.0. The normalized spacial score (nSPS) is 15.8. The fraction of sp³-hybridized carbons (Fsp3) is 0.375. The molecule has 2 aromatic carbocycles. The van der Waals surface area contributed by atoms with Gasteiger partial charge in [0, 0.05) is 19.5 Å². The number of carbonyl (C=O) groups is 3. The van der Waals surface area contributed by atoms with Crippen LogP contribution in [0.15, 0.2) is 48.5 Å². The highest BCUT2D eigenvalue weighted by Gasteiger charge is 2.34. The van der Waals surface area contributed by atoms with Crippen molar-refractivity contribution in [2.24, 2.45) is 5.92 Å². The van der Waals surface area contributed by atoms with Gasteiger partial charge in [-0.3, -0.25) is 25.2 Å². The van der Waals surface area contributed by atoms with E-state index in [9.17, 15) is 14.4 Å². The van der Waals surface area contributed by atoms with Gasteiger partial charge in [0.15, 0.2) is 6.61 Å². The summed E-state index contributed by atoms with van der Waals surface area (Å²) in [6, 6.07) is 15.5. The average molecular weight is 424 g/mol. The van der Waals surface area contributed by atoms with Crippen LogP contribution >= 0.6 is 0 Å². The molecule has 1 unspecified atom stereocenters. The van der Waals surface area contributed by atoms with E-state index >= 15 is 0 Å². The number of nitrogens with one attached hydrogen (secondary N) is 2. The Kier molecular flexibility index (Phi) is 7.28. The van der Waals surface area contributed by atoms with E-state index in [1.807, 2.05) is 55.5 Å². The van der Waals surface area contributed by atoms with Crippen molar-refractivity contribution in [2.45, 2.75) is 39.7 Å². The van der Waals surface area contributed by atoms with E-state index in [-0.39, 0.29) is 30.8 Å². The summed E-state index contributed by atoms with van der Waals surface area (Å²) in [5.74, 6) is -0.488. The van der Waals surface area contributed by atoms with Crippen molar-refractivity contribution >= 4 is 17.7 Å². The lowest BCUT2D eigenvalue weighted by Gasteiger charge is -2.17. The Balaban J connectivity index is 1.46. The molecule has 1 saturated heterocycles. The second kappa shape index (κ2) is 10.1. The Morgan fingerprint density at radius 3 is 2.58 bits per heavy atom. The Morgan fingerprint density at radius 2 is 1.87 bits per heavy atom. The molecule has 0 spiro atoms. The van der Waals surface area contributed by atoms with E-state index < -0.39 is 11.8 Å². The molecule has 1 aliphatic rings. The maximum absolute atomic E-state index is 12.4. The quantitative estimate of drug-likeness (QED) is 0.671. The fourth-order valence-electron chi connectivity index (χ4n) is 3.56. The molecule has 0 aromatic heterocycles. The first-order valence-corrected chi connectivity index (χ1v) is 10.5. The third-order valence-corrected chi connectivity index (χ3v) is 5.28. The molecule has 1 aliphatic heterocycles. The minimum Gasteiger partial charge on any atom is -0.483 e. The number of likely N-dealkylation sites (tertiary alicyclic amines) is 1. The fourth-order valence-corrected chi connectivity index (χ4v) is 3.56. The molecule has 0 saturated carbocycles. The summed E-state index contributed by atoms with van der Waals surface area (Å²) in [4.78, 5) is 38.5. The summed E-state index contributed by atoms with van der Waals surface area (Å²) in [6.45, 7) is 6.66. The Hall–Kier alpha value is -3.35. The van der Waals surface area contributed by atoms with Crippen molar-refractivity contribution in [3.8, 4) is 5.75 Å². The molecule has 7 heteroatoms. The summed E-state index contributed by atoms with van der Waals surface area (Å²) in [5.41, 5.74) is 7.87. The van der Waals surface area contributed by atoms with E-state index in [0.717, 1.165) is 16.7 Å². The van der Waals surface area contributed by atoms with Gasteiger partial charge in [-0.2, -0.15) is 0 Å². The number of amides is 3. The van der Waals surface area contributed by atoms with Gasteiger partial charge in [-0.05, 0) is 35.6 Å². The highest BCUT2D eigenvalue weighted by Crippen LogP contribution is 2.27. The van der Waals surface area contributed by atoms with Crippen LogP contribution in [0.1, 0.15) is 42.9 Å². The molecule has 0 aliphatic carbocycles. The first-order chi connectivity index (χ1) is 14.8. The van der Waals surface area contributed by atoms with Gasteiger partial charge in [0.05, 0.1) is 5.92 Å². The highest BCUT2D eigenvalue weighted by atomic mass is 16.5. The predicted octanol–water partition coefficient (Wildman–Crippen LogP) is 2.69. The van der Waals surface area contributed by atoms with E-state index in [1.54, 1.807) is 4.90 Å². The van der Waals surface area contributed by atoms with Crippen LogP contribution in [-0.2, 0) is 20.9 Å². The van der Waals surface area contributed by atoms with Crippen LogP contribution in [0, 0.1) is 12.8 Å².